The summed E-state index contributed by atoms with van der Waals surface area (Å²) in [5.74, 6) is 0. The standard InChI is InChI=1S/C13H10Cl3N/c14-9-5-8(6-10(15)7-9)13(17)11-3-1-2-4-12(11)16/h1-7,13H,17H2. The van der Waals surface area contributed by atoms with E-state index in [1.807, 2.05) is 24.3 Å². The predicted octanol–water partition coefficient (Wildman–Crippen LogP) is 4.69. The van der Waals surface area contributed by atoms with Crippen molar-refractivity contribution in [1.82, 2.24) is 0 Å². The topological polar surface area (TPSA) is 26.0 Å². The fraction of sp³-hybridized carbons (Fsp3) is 0.0769. The Labute approximate surface area is 115 Å². The van der Waals surface area contributed by atoms with Crippen LogP contribution in [0.1, 0.15) is 17.2 Å². The summed E-state index contributed by atoms with van der Waals surface area (Å²) in [4.78, 5) is 0. The van der Waals surface area contributed by atoms with Gasteiger partial charge >= 0.3 is 0 Å². The highest BCUT2D eigenvalue weighted by atomic mass is 35.5. The molecule has 2 aromatic rings. The Hall–Kier alpha value is -0.730. The smallest absolute Gasteiger partial charge is 0.0567 e. The molecule has 2 rings (SSSR count). The Morgan fingerprint density at radius 1 is 0.882 bits per heavy atom. The first-order chi connectivity index (χ1) is 8.08. The lowest BCUT2D eigenvalue weighted by Gasteiger charge is -2.14. The van der Waals surface area contributed by atoms with Crippen LogP contribution in [0, 0.1) is 0 Å². The van der Waals surface area contributed by atoms with Gasteiger partial charge in [0.2, 0.25) is 0 Å². The van der Waals surface area contributed by atoms with Gasteiger partial charge in [0.1, 0.15) is 0 Å². The summed E-state index contributed by atoms with van der Waals surface area (Å²) in [5, 5.41) is 1.76. The van der Waals surface area contributed by atoms with Crippen molar-refractivity contribution in [3.63, 3.8) is 0 Å². The lowest BCUT2D eigenvalue weighted by molar-refractivity contribution is 0.872. The molecule has 0 amide bonds. The van der Waals surface area contributed by atoms with Crippen molar-refractivity contribution in [3.8, 4) is 0 Å². The first-order valence-corrected chi connectivity index (χ1v) is 6.17. The molecule has 88 valence electrons. The highest BCUT2D eigenvalue weighted by Crippen LogP contribution is 2.29. The second kappa shape index (κ2) is 5.28. The van der Waals surface area contributed by atoms with E-state index in [2.05, 4.69) is 0 Å². The van der Waals surface area contributed by atoms with Gasteiger partial charge in [-0.3, -0.25) is 0 Å². The van der Waals surface area contributed by atoms with Gasteiger partial charge in [-0.15, -0.1) is 0 Å². The van der Waals surface area contributed by atoms with Crippen LogP contribution in [0.15, 0.2) is 42.5 Å². The molecule has 0 aromatic heterocycles. The van der Waals surface area contributed by atoms with E-state index < -0.39 is 0 Å². The van der Waals surface area contributed by atoms with Crippen LogP contribution in [0.5, 0.6) is 0 Å². The monoisotopic (exact) mass is 285 g/mol. The fourth-order valence-corrected chi connectivity index (χ4v) is 2.46. The van der Waals surface area contributed by atoms with Gasteiger partial charge in [-0.25, -0.2) is 0 Å². The van der Waals surface area contributed by atoms with E-state index in [-0.39, 0.29) is 6.04 Å². The summed E-state index contributed by atoms with van der Waals surface area (Å²) >= 11 is 18.0. The molecule has 0 spiro atoms. The van der Waals surface area contributed by atoms with Crippen LogP contribution in [0.3, 0.4) is 0 Å². The Balaban J connectivity index is 2.43. The van der Waals surface area contributed by atoms with E-state index in [4.69, 9.17) is 40.5 Å². The van der Waals surface area contributed by atoms with E-state index in [1.54, 1.807) is 18.2 Å². The van der Waals surface area contributed by atoms with Gasteiger partial charge in [-0.05, 0) is 35.4 Å². The van der Waals surface area contributed by atoms with Crippen LogP contribution < -0.4 is 5.73 Å². The number of hydrogen-bond acceptors (Lipinski definition) is 1. The number of hydrogen-bond donors (Lipinski definition) is 1. The molecule has 0 saturated heterocycles. The first-order valence-electron chi connectivity index (χ1n) is 5.04. The quantitative estimate of drug-likeness (QED) is 0.851. The van der Waals surface area contributed by atoms with Gasteiger partial charge in [0.25, 0.3) is 0 Å². The van der Waals surface area contributed by atoms with Crippen LogP contribution in [-0.4, -0.2) is 0 Å². The third-order valence-corrected chi connectivity index (χ3v) is 3.26. The zero-order valence-electron chi connectivity index (χ0n) is 8.83. The molecule has 1 atom stereocenters. The zero-order chi connectivity index (χ0) is 12.4. The average Bonchev–Trinajstić information content (AvgIpc) is 2.27. The van der Waals surface area contributed by atoms with Crippen LogP contribution in [0.25, 0.3) is 0 Å². The molecule has 4 heteroatoms. The Morgan fingerprint density at radius 2 is 1.47 bits per heavy atom. The molecule has 17 heavy (non-hydrogen) atoms. The Morgan fingerprint density at radius 3 is 2.06 bits per heavy atom. The first kappa shape index (κ1) is 12.7. The summed E-state index contributed by atoms with van der Waals surface area (Å²) in [6, 6.07) is 12.4. The van der Waals surface area contributed by atoms with Gasteiger partial charge in [0.05, 0.1) is 6.04 Å². The number of benzene rings is 2. The summed E-state index contributed by atoms with van der Waals surface area (Å²) < 4.78 is 0. The van der Waals surface area contributed by atoms with Gasteiger partial charge in [-0.1, -0.05) is 53.0 Å². The third kappa shape index (κ3) is 2.93. The summed E-state index contributed by atoms with van der Waals surface area (Å²) in [7, 11) is 0. The minimum absolute atomic E-state index is 0.333. The van der Waals surface area contributed by atoms with Crippen molar-refractivity contribution in [3.05, 3.63) is 68.7 Å². The molecule has 0 bridgehead atoms. The molecule has 0 saturated carbocycles. The van der Waals surface area contributed by atoms with E-state index in [9.17, 15) is 0 Å². The van der Waals surface area contributed by atoms with E-state index >= 15 is 0 Å². The molecule has 1 unspecified atom stereocenters. The molecular weight excluding hydrogens is 277 g/mol. The molecule has 1 nitrogen and oxygen atoms in total. The largest absolute Gasteiger partial charge is 0.320 e. The van der Waals surface area contributed by atoms with Crippen molar-refractivity contribution >= 4 is 34.8 Å². The zero-order valence-corrected chi connectivity index (χ0v) is 11.1. The molecular formula is C13H10Cl3N. The SMILES string of the molecule is NC(c1cc(Cl)cc(Cl)c1)c1ccccc1Cl. The van der Waals surface area contributed by atoms with Gasteiger partial charge in [0.15, 0.2) is 0 Å². The molecule has 0 aliphatic heterocycles. The summed E-state index contributed by atoms with van der Waals surface area (Å²) in [5.41, 5.74) is 7.85. The van der Waals surface area contributed by atoms with E-state index in [1.165, 1.54) is 0 Å². The normalized spacial score (nSPS) is 12.5. The van der Waals surface area contributed by atoms with Gasteiger partial charge < -0.3 is 5.73 Å². The Bertz CT molecular complexity index is 520. The van der Waals surface area contributed by atoms with Crippen LogP contribution >= 0.6 is 34.8 Å². The summed E-state index contributed by atoms with van der Waals surface area (Å²) in [6.07, 6.45) is 0. The average molecular weight is 287 g/mol. The lowest BCUT2D eigenvalue weighted by Crippen LogP contribution is -2.12. The third-order valence-electron chi connectivity index (χ3n) is 2.48. The van der Waals surface area contributed by atoms with E-state index in [0.717, 1.165) is 11.1 Å². The Kier molecular flexibility index (Phi) is 3.95. The van der Waals surface area contributed by atoms with Crippen molar-refractivity contribution in [1.29, 1.82) is 0 Å². The lowest BCUT2D eigenvalue weighted by atomic mass is 10.00. The van der Waals surface area contributed by atoms with Crippen LogP contribution in [0.4, 0.5) is 0 Å². The molecule has 0 radical (unpaired) electrons. The van der Waals surface area contributed by atoms with Crippen LogP contribution in [0.2, 0.25) is 15.1 Å². The number of rotatable bonds is 2. The molecule has 2 aromatic carbocycles. The number of nitrogens with two attached hydrogens (primary N) is 1. The number of halogens is 3. The van der Waals surface area contributed by atoms with Crippen molar-refractivity contribution in [2.45, 2.75) is 6.04 Å². The predicted molar refractivity (Wildman–Crippen MR) is 73.9 cm³/mol. The maximum Gasteiger partial charge on any atom is 0.0567 e. The van der Waals surface area contributed by atoms with Gasteiger partial charge in [0, 0.05) is 15.1 Å². The minimum atomic E-state index is -0.333. The fourth-order valence-electron chi connectivity index (χ4n) is 1.66. The summed E-state index contributed by atoms with van der Waals surface area (Å²) in [6.45, 7) is 0. The molecule has 2 N–H and O–H groups in total. The molecule has 0 fully saturated rings. The molecule has 0 aliphatic carbocycles. The molecule has 0 heterocycles. The minimum Gasteiger partial charge on any atom is -0.320 e. The highest BCUT2D eigenvalue weighted by Gasteiger charge is 2.13. The molecule has 0 aliphatic rings. The maximum atomic E-state index is 6.15. The van der Waals surface area contributed by atoms with Crippen LogP contribution in [-0.2, 0) is 0 Å². The second-order valence-electron chi connectivity index (χ2n) is 3.70. The van der Waals surface area contributed by atoms with Gasteiger partial charge in [-0.2, -0.15) is 0 Å². The second-order valence-corrected chi connectivity index (χ2v) is 4.98. The maximum absolute atomic E-state index is 6.15. The van der Waals surface area contributed by atoms with Crippen molar-refractivity contribution in [2.24, 2.45) is 5.73 Å². The highest BCUT2D eigenvalue weighted by molar-refractivity contribution is 6.34. The van der Waals surface area contributed by atoms with Crippen molar-refractivity contribution < 1.29 is 0 Å². The van der Waals surface area contributed by atoms with E-state index in [0.29, 0.717) is 15.1 Å². The van der Waals surface area contributed by atoms with Crippen molar-refractivity contribution in [2.75, 3.05) is 0 Å².